The molecule has 26 heavy (non-hydrogen) atoms. The lowest BCUT2D eigenvalue weighted by Gasteiger charge is -2.11. The monoisotopic (exact) mass is 423 g/mol. The predicted molar refractivity (Wildman–Crippen MR) is 110 cm³/mol. The fourth-order valence-electron chi connectivity index (χ4n) is 3.08. The Hall–Kier alpha value is -1.34. The quantitative estimate of drug-likeness (QED) is 0.437. The minimum atomic E-state index is -0.130. The SMILES string of the molecule is O=C(CSc1ncnc2sc3c(c12)CCCC3)Nc1ccc(Cl)cc1Cl. The van der Waals surface area contributed by atoms with Gasteiger partial charge in [-0.15, -0.1) is 11.3 Å². The molecule has 0 bridgehead atoms. The van der Waals surface area contributed by atoms with Crippen LogP contribution in [0.5, 0.6) is 0 Å². The van der Waals surface area contributed by atoms with E-state index in [2.05, 4.69) is 15.3 Å². The molecule has 4 nitrogen and oxygen atoms in total. The Morgan fingerprint density at radius 3 is 2.92 bits per heavy atom. The van der Waals surface area contributed by atoms with Crippen LogP contribution in [0.25, 0.3) is 10.2 Å². The first-order chi connectivity index (χ1) is 12.6. The highest BCUT2D eigenvalue weighted by Crippen LogP contribution is 2.39. The average molecular weight is 424 g/mol. The minimum Gasteiger partial charge on any atom is -0.324 e. The molecule has 0 spiro atoms. The van der Waals surface area contributed by atoms with E-state index in [1.807, 2.05) is 0 Å². The first kappa shape index (κ1) is 18.0. The lowest BCUT2D eigenvalue weighted by Crippen LogP contribution is -2.14. The highest BCUT2D eigenvalue weighted by atomic mass is 35.5. The number of rotatable bonds is 4. The Kier molecular flexibility index (Phi) is 5.36. The molecule has 1 aliphatic carbocycles. The number of carbonyl (C=O) groups is 1. The minimum absolute atomic E-state index is 0.130. The molecule has 2 aromatic heterocycles. The number of aryl methyl sites for hydroxylation is 2. The van der Waals surface area contributed by atoms with Crippen molar-refractivity contribution in [1.29, 1.82) is 0 Å². The number of thioether (sulfide) groups is 1. The molecule has 0 unspecified atom stereocenters. The first-order valence-electron chi connectivity index (χ1n) is 8.25. The maximum Gasteiger partial charge on any atom is 0.234 e. The van der Waals surface area contributed by atoms with E-state index in [0.717, 1.165) is 28.1 Å². The molecule has 3 aromatic rings. The number of hydrogen-bond acceptors (Lipinski definition) is 5. The summed E-state index contributed by atoms with van der Waals surface area (Å²) < 4.78 is 0. The molecule has 1 aromatic carbocycles. The van der Waals surface area contributed by atoms with Crippen molar-refractivity contribution in [3.8, 4) is 0 Å². The van der Waals surface area contributed by atoms with E-state index in [4.69, 9.17) is 23.2 Å². The van der Waals surface area contributed by atoms with E-state index in [1.165, 1.54) is 35.0 Å². The summed E-state index contributed by atoms with van der Waals surface area (Å²) in [5, 5.41) is 5.79. The number of hydrogen-bond donors (Lipinski definition) is 1. The van der Waals surface area contributed by atoms with Crippen LogP contribution in [0.1, 0.15) is 23.3 Å². The fraction of sp³-hybridized carbons (Fsp3) is 0.278. The van der Waals surface area contributed by atoms with Gasteiger partial charge < -0.3 is 5.32 Å². The van der Waals surface area contributed by atoms with Crippen molar-refractivity contribution in [3.05, 3.63) is 45.0 Å². The van der Waals surface area contributed by atoms with Gasteiger partial charge in [-0.1, -0.05) is 35.0 Å². The van der Waals surface area contributed by atoms with Crippen molar-refractivity contribution in [2.75, 3.05) is 11.1 Å². The molecule has 0 aliphatic heterocycles. The Bertz CT molecular complexity index is 990. The first-order valence-corrected chi connectivity index (χ1v) is 10.8. The van der Waals surface area contributed by atoms with Crippen LogP contribution in [0, 0.1) is 0 Å². The van der Waals surface area contributed by atoms with E-state index >= 15 is 0 Å². The fourth-order valence-corrected chi connectivity index (χ4v) is 5.66. The van der Waals surface area contributed by atoms with Gasteiger partial charge in [0.15, 0.2) is 0 Å². The number of thiophene rings is 1. The second-order valence-electron chi connectivity index (χ2n) is 6.03. The molecular formula is C18H15Cl2N3OS2. The van der Waals surface area contributed by atoms with Crippen molar-refractivity contribution in [2.24, 2.45) is 0 Å². The Labute approximate surface area is 169 Å². The number of aromatic nitrogens is 2. The summed E-state index contributed by atoms with van der Waals surface area (Å²) in [7, 11) is 0. The normalized spacial score (nSPS) is 13.6. The Balaban J connectivity index is 1.51. The van der Waals surface area contributed by atoms with Gasteiger partial charge in [0.25, 0.3) is 0 Å². The Morgan fingerprint density at radius 1 is 1.23 bits per heavy atom. The third-order valence-corrected chi connectivity index (χ3v) is 7.00. The average Bonchev–Trinajstić information content (AvgIpc) is 3.01. The van der Waals surface area contributed by atoms with Crippen LogP contribution >= 0.6 is 46.3 Å². The molecule has 1 amide bonds. The molecule has 0 saturated carbocycles. The molecule has 2 heterocycles. The van der Waals surface area contributed by atoms with E-state index in [0.29, 0.717) is 15.7 Å². The molecule has 1 N–H and O–H groups in total. The van der Waals surface area contributed by atoms with E-state index in [9.17, 15) is 4.79 Å². The molecule has 134 valence electrons. The summed E-state index contributed by atoms with van der Waals surface area (Å²) in [6.45, 7) is 0. The summed E-state index contributed by atoms with van der Waals surface area (Å²) in [4.78, 5) is 23.6. The van der Waals surface area contributed by atoms with E-state index in [-0.39, 0.29) is 11.7 Å². The number of fused-ring (bicyclic) bond motifs is 3. The van der Waals surface area contributed by atoms with Crippen molar-refractivity contribution in [1.82, 2.24) is 9.97 Å². The molecule has 0 radical (unpaired) electrons. The number of carbonyl (C=O) groups excluding carboxylic acids is 1. The van der Waals surface area contributed by atoms with Crippen LogP contribution in [0.15, 0.2) is 29.6 Å². The van der Waals surface area contributed by atoms with Crippen molar-refractivity contribution >= 4 is 68.1 Å². The van der Waals surface area contributed by atoms with Crippen molar-refractivity contribution in [3.63, 3.8) is 0 Å². The van der Waals surface area contributed by atoms with Gasteiger partial charge in [-0.05, 0) is 49.4 Å². The van der Waals surface area contributed by atoms with Gasteiger partial charge in [0.1, 0.15) is 16.2 Å². The Morgan fingerprint density at radius 2 is 2.08 bits per heavy atom. The van der Waals surface area contributed by atoms with Gasteiger partial charge >= 0.3 is 0 Å². The third-order valence-electron chi connectivity index (χ3n) is 4.26. The topological polar surface area (TPSA) is 54.9 Å². The summed E-state index contributed by atoms with van der Waals surface area (Å²) in [5.74, 6) is 0.130. The molecule has 0 fully saturated rings. The molecular weight excluding hydrogens is 409 g/mol. The van der Waals surface area contributed by atoms with Crippen LogP contribution in [0.4, 0.5) is 5.69 Å². The molecule has 1 aliphatic rings. The van der Waals surface area contributed by atoms with Gasteiger partial charge in [-0.2, -0.15) is 0 Å². The van der Waals surface area contributed by atoms with E-state index in [1.54, 1.807) is 35.9 Å². The van der Waals surface area contributed by atoms with Gasteiger partial charge in [0.05, 0.1) is 16.5 Å². The third kappa shape index (κ3) is 3.69. The van der Waals surface area contributed by atoms with Crippen LogP contribution < -0.4 is 5.32 Å². The predicted octanol–water partition coefficient (Wildman–Crippen LogP) is 5.61. The zero-order valence-corrected chi connectivity index (χ0v) is 16.9. The van der Waals surface area contributed by atoms with Crippen LogP contribution in [-0.4, -0.2) is 21.6 Å². The molecule has 0 atom stereocenters. The number of anilines is 1. The molecule has 8 heteroatoms. The highest BCUT2D eigenvalue weighted by Gasteiger charge is 2.20. The second-order valence-corrected chi connectivity index (χ2v) is 8.92. The standard InChI is InChI=1S/C18H15Cl2N3OS2/c19-10-5-6-13(12(20)7-10)23-15(24)8-25-17-16-11-3-1-2-4-14(11)26-18(16)22-9-21-17/h5-7,9H,1-4,8H2,(H,23,24). The zero-order valence-electron chi connectivity index (χ0n) is 13.7. The second kappa shape index (κ2) is 7.72. The van der Waals surface area contributed by atoms with Crippen molar-refractivity contribution in [2.45, 2.75) is 30.7 Å². The maximum atomic E-state index is 12.3. The largest absolute Gasteiger partial charge is 0.324 e. The number of benzene rings is 1. The molecule has 4 rings (SSSR count). The zero-order chi connectivity index (χ0) is 18.1. The smallest absolute Gasteiger partial charge is 0.234 e. The number of halogens is 2. The molecule has 0 saturated heterocycles. The summed E-state index contributed by atoms with van der Waals surface area (Å²) >= 11 is 15.2. The lowest BCUT2D eigenvalue weighted by atomic mass is 9.97. The van der Waals surface area contributed by atoms with Crippen LogP contribution in [0.3, 0.4) is 0 Å². The van der Waals surface area contributed by atoms with E-state index < -0.39 is 0 Å². The summed E-state index contributed by atoms with van der Waals surface area (Å²) in [6.07, 6.45) is 6.22. The van der Waals surface area contributed by atoms with Gasteiger partial charge in [0.2, 0.25) is 5.91 Å². The summed E-state index contributed by atoms with van der Waals surface area (Å²) in [5.41, 5.74) is 1.93. The lowest BCUT2D eigenvalue weighted by molar-refractivity contribution is -0.113. The maximum absolute atomic E-state index is 12.3. The number of amides is 1. The summed E-state index contributed by atoms with van der Waals surface area (Å²) in [6, 6.07) is 5.00. The van der Waals surface area contributed by atoms with Gasteiger partial charge in [0, 0.05) is 15.3 Å². The number of nitrogens with one attached hydrogen (secondary N) is 1. The van der Waals surface area contributed by atoms with Crippen molar-refractivity contribution < 1.29 is 4.79 Å². The van der Waals surface area contributed by atoms with Gasteiger partial charge in [-0.25, -0.2) is 9.97 Å². The number of nitrogens with zero attached hydrogens (tertiary/aromatic N) is 2. The van der Waals surface area contributed by atoms with Gasteiger partial charge in [-0.3, -0.25) is 4.79 Å². The highest BCUT2D eigenvalue weighted by molar-refractivity contribution is 8.00. The van der Waals surface area contributed by atoms with Crippen LogP contribution in [-0.2, 0) is 17.6 Å². The van der Waals surface area contributed by atoms with Crippen LogP contribution in [0.2, 0.25) is 10.0 Å².